The minimum Gasteiger partial charge on any atom is -0.378 e. The molecule has 0 saturated carbocycles. The maximum Gasteiger partial charge on any atom is 0.255 e. The van der Waals surface area contributed by atoms with Crippen molar-refractivity contribution in [2.24, 2.45) is 0 Å². The number of nitrogens with zero attached hydrogens (tertiary/aromatic N) is 4. The van der Waals surface area contributed by atoms with Gasteiger partial charge in [-0.3, -0.25) is 19.4 Å². The fourth-order valence-corrected chi connectivity index (χ4v) is 4.30. The second kappa shape index (κ2) is 11.5. The number of aromatic amines is 1. The number of nitrogens with one attached hydrogen (secondary N) is 2. The van der Waals surface area contributed by atoms with Crippen LogP contribution in [0.25, 0.3) is 0 Å². The van der Waals surface area contributed by atoms with Gasteiger partial charge < -0.3 is 24.8 Å². The predicted octanol–water partition coefficient (Wildman–Crippen LogP) is 0.552. The third kappa shape index (κ3) is 6.46. The minimum absolute atomic E-state index is 0.0440. The summed E-state index contributed by atoms with van der Waals surface area (Å²) < 4.78 is 5.35. The molecule has 2 N–H and O–H groups in total. The van der Waals surface area contributed by atoms with E-state index >= 15 is 0 Å². The van der Waals surface area contributed by atoms with Crippen molar-refractivity contribution in [2.45, 2.75) is 26.3 Å². The summed E-state index contributed by atoms with van der Waals surface area (Å²) >= 11 is 0. The average molecular weight is 483 g/mol. The van der Waals surface area contributed by atoms with Crippen LogP contribution in [0.5, 0.6) is 0 Å². The van der Waals surface area contributed by atoms with Gasteiger partial charge in [0.15, 0.2) is 0 Å². The number of hydrogen-bond acceptors (Lipinski definition) is 7. The fraction of sp³-hybridized carbons (Fsp3) is 0.520. The van der Waals surface area contributed by atoms with E-state index < -0.39 is 0 Å². The maximum absolute atomic E-state index is 12.7. The number of aryl methyl sites for hydroxylation is 1. The molecule has 10 heteroatoms. The van der Waals surface area contributed by atoms with Crippen LogP contribution in [0, 0.1) is 6.92 Å². The molecule has 0 aliphatic carbocycles. The molecule has 35 heavy (non-hydrogen) atoms. The number of likely N-dealkylation sites (N-methyl/N-ethyl adjacent to an activating group) is 1. The van der Waals surface area contributed by atoms with E-state index in [0.717, 1.165) is 31.7 Å². The molecule has 2 aromatic rings. The molecule has 0 bridgehead atoms. The standard InChI is InChI=1S/C25H34N6O4/c1-18-21(23(33)28-25(27-18)31-13-15-35-16-14-31)7-8-22(32)26-17-19-3-5-20(6-4-19)24(34)30-11-9-29(2)10-12-30/h3-6H,7-17H2,1-2H3,(H,26,32)(H,27,28,33). The normalized spacial score (nSPS) is 16.9. The molecule has 1 aromatic carbocycles. The number of hydrogen-bond donors (Lipinski definition) is 2. The summed E-state index contributed by atoms with van der Waals surface area (Å²) in [5.41, 5.74) is 2.55. The Morgan fingerprint density at radius 3 is 2.40 bits per heavy atom. The lowest BCUT2D eigenvalue weighted by Gasteiger charge is -2.32. The predicted molar refractivity (Wildman–Crippen MR) is 133 cm³/mol. The van der Waals surface area contributed by atoms with Crippen molar-refractivity contribution in [3.63, 3.8) is 0 Å². The summed E-state index contributed by atoms with van der Waals surface area (Å²) in [6.45, 7) is 8.01. The number of ether oxygens (including phenoxy) is 1. The van der Waals surface area contributed by atoms with Gasteiger partial charge in [-0.2, -0.15) is 0 Å². The first kappa shape index (κ1) is 24.9. The monoisotopic (exact) mass is 482 g/mol. The third-order valence-electron chi connectivity index (χ3n) is 6.60. The Morgan fingerprint density at radius 1 is 1.06 bits per heavy atom. The Balaban J connectivity index is 1.25. The molecule has 3 heterocycles. The first-order valence-corrected chi connectivity index (χ1v) is 12.2. The van der Waals surface area contributed by atoms with Crippen LogP contribution in [-0.4, -0.2) is 91.1 Å². The van der Waals surface area contributed by atoms with Gasteiger partial charge in [-0.15, -0.1) is 0 Å². The van der Waals surface area contributed by atoms with E-state index in [0.29, 0.717) is 62.0 Å². The molecule has 2 aliphatic heterocycles. The van der Waals surface area contributed by atoms with Crippen molar-refractivity contribution in [2.75, 3.05) is 64.4 Å². The lowest BCUT2D eigenvalue weighted by atomic mass is 10.1. The molecule has 1 aromatic heterocycles. The van der Waals surface area contributed by atoms with Crippen LogP contribution in [0.4, 0.5) is 5.95 Å². The van der Waals surface area contributed by atoms with Crippen LogP contribution in [0.15, 0.2) is 29.1 Å². The lowest BCUT2D eigenvalue weighted by molar-refractivity contribution is -0.121. The number of morpholine rings is 1. The second-order valence-corrected chi connectivity index (χ2v) is 9.12. The highest BCUT2D eigenvalue weighted by atomic mass is 16.5. The molecular formula is C25H34N6O4. The molecule has 0 atom stereocenters. The quantitative estimate of drug-likeness (QED) is 0.593. The minimum atomic E-state index is -0.201. The Kier molecular flexibility index (Phi) is 8.14. The van der Waals surface area contributed by atoms with Gasteiger partial charge in [-0.05, 0) is 38.1 Å². The van der Waals surface area contributed by atoms with E-state index in [1.165, 1.54) is 0 Å². The van der Waals surface area contributed by atoms with E-state index in [9.17, 15) is 14.4 Å². The molecule has 2 amide bonds. The first-order chi connectivity index (χ1) is 16.9. The number of carbonyl (C=O) groups excluding carboxylic acids is 2. The molecule has 0 spiro atoms. The first-order valence-electron chi connectivity index (χ1n) is 12.2. The van der Waals surface area contributed by atoms with E-state index in [2.05, 4.69) is 27.2 Å². The lowest BCUT2D eigenvalue weighted by Crippen LogP contribution is -2.47. The highest BCUT2D eigenvalue weighted by molar-refractivity contribution is 5.94. The maximum atomic E-state index is 12.7. The van der Waals surface area contributed by atoms with Gasteiger partial charge in [0, 0.05) is 69.1 Å². The zero-order valence-electron chi connectivity index (χ0n) is 20.5. The number of rotatable bonds is 7. The van der Waals surface area contributed by atoms with Crippen molar-refractivity contribution in [3.05, 3.63) is 57.0 Å². The smallest absolute Gasteiger partial charge is 0.255 e. The van der Waals surface area contributed by atoms with Gasteiger partial charge in [0.25, 0.3) is 11.5 Å². The Bertz CT molecular complexity index is 1090. The molecule has 10 nitrogen and oxygen atoms in total. The van der Waals surface area contributed by atoms with Crippen molar-refractivity contribution in [1.29, 1.82) is 0 Å². The third-order valence-corrected chi connectivity index (χ3v) is 6.60. The molecule has 2 fully saturated rings. The Labute approximate surface area is 205 Å². The number of aromatic nitrogens is 2. The number of amides is 2. The zero-order valence-corrected chi connectivity index (χ0v) is 20.5. The summed E-state index contributed by atoms with van der Waals surface area (Å²) in [5, 5.41) is 2.89. The van der Waals surface area contributed by atoms with E-state index in [1.807, 2.05) is 34.1 Å². The van der Waals surface area contributed by atoms with Crippen LogP contribution in [0.3, 0.4) is 0 Å². The SMILES string of the molecule is Cc1nc(N2CCOCC2)[nH]c(=O)c1CCC(=O)NCc1ccc(C(=O)N2CCN(C)CC2)cc1. The molecular weight excluding hydrogens is 448 g/mol. The second-order valence-electron chi connectivity index (χ2n) is 9.12. The van der Waals surface area contributed by atoms with Crippen molar-refractivity contribution >= 4 is 17.8 Å². The molecule has 2 aliphatic rings. The summed E-state index contributed by atoms with van der Waals surface area (Å²) in [6.07, 6.45) is 0.518. The van der Waals surface area contributed by atoms with Crippen LogP contribution < -0.4 is 15.8 Å². The van der Waals surface area contributed by atoms with Gasteiger partial charge in [0.2, 0.25) is 11.9 Å². The zero-order chi connectivity index (χ0) is 24.8. The van der Waals surface area contributed by atoms with Crippen LogP contribution in [0.1, 0.15) is 33.6 Å². The topological polar surface area (TPSA) is 111 Å². The molecule has 2 saturated heterocycles. The van der Waals surface area contributed by atoms with Crippen molar-refractivity contribution in [3.8, 4) is 0 Å². The molecule has 0 radical (unpaired) electrons. The van der Waals surface area contributed by atoms with E-state index in [-0.39, 0.29) is 23.8 Å². The summed E-state index contributed by atoms with van der Waals surface area (Å²) in [6, 6.07) is 7.36. The van der Waals surface area contributed by atoms with Crippen LogP contribution in [-0.2, 0) is 22.5 Å². The Hall–Kier alpha value is -3.24. The number of carbonyl (C=O) groups is 2. The number of H-pyrrole nitrogens is 1. The number of anilines is 1. The largest absolute Gasteiger partial charge is 0.378 e. The van der Waals surface area contributed by atoms with E-state index in [1.54, 1.807) is 6.92 Å². The van der Waals surface area contributed by atoms with Gasteiger partial charge >= 0.3 is 0 Å². The van der Waals surface area contributed by atoms with Crippen molar-refractivity contribution < 1.29 is 14.3 Å². The van der Waals surface area contributed by atoms with Gasteiger partial charge in [-0.1, -0.05) is 12.1 Å². The highest BCUT2D eigenvalue weighted by Gasteiger charge is 2.20. The van der Waals surface area contributed by atoms with Crippen molar-refractivity contribution in [1.82, 2.24) is 25.1 Å². The van der Waals surface area contributed by atoms with E-state index in [4.69, 9.17) is 4.74 Å². The number of benzene rings is 1. The summed E-state index contributed by atoms with van der Waals surface area (Å²) in [5.74, 6) is 0.458. The molecule has 188 valence electrons. The summed E-state index contributed by atoms with van der Waals surface area (Å²) in [7, 11) is 2.06. The van der Waals surface area contributed by atoms with Crippen LogP contribution >= 0.6 is 0 Å². The summed E-state index contributed by atoms with van der Waals surface area (Å²) in [4.78, 5) is 51.1. The van der Waals surface area contributed by atoms with Gasteiger partial charge in [-0.25, -0.2) is 4.98 Å². The number of piperazine rings is 1. The van der Waals surface area contributed by atoms with Gasteiger partial charge in [0.1, 0.15) is 0 Å². The van der Waals surface area contributed by atoms with Crippen LogP contribution in [0.2, 0.25) is 0 Å². The van der Waals surface area contributed by atoms with Gasteiger partial charge in [0.05, 0.1) is 13.2 Å². The fourth-order valence-electron chi connectivity index (χ4n) is 4.30. The Morgan fingerprint density at radius 2 is 1.74 bits per heavy atom. The molecule has 4 rings (SSSR count). The molecule has 0 unspecified atom stereocenters. The highest BCUT2D eigenvalue weighted by Crippen LogP contribution is 2.12. The average Bonchev–Trinajstić information content (AvgIpc) is 2.88.